The summed E-state index contributed by atoms with van der Waals surface area (Å²) in [7, 11) is 0. The molecule has 1 aromatic carbocycles. The van der Waals surface area contributed by atoms with Crippen molar-refractivity contribution in [2.24, 2.45) is 5.92 Å². The van der Waals surface area contributed by atoms with Gasteiger partial charge in [0.2, 0.25) is 6.10 Å². The summed E-state index contributed by atoms with van der Waals surface area (Å²) in [5.74, 6) is -2.88. The third-order valence-corrected chi connectivity index (χ3v) is 4.21. The van der Waals surface area contributed by atoms with Gasteiger partial charge < -0.3 is 20.0 Å². The minimum Gasteiger partial charge on any atom is -0.480 e. The molecule has 0 aliphatic carbocycles. The molecule has 0 fully saturated rings. The maximum Gasteiger partial charge on any atom is 0.366 e. The number of carbonyl (C=O) groups is 2. The van der Waals surface area contributed by atoms with Crippen molar-refractivity contribution in [3.05, 3.63) is 58.1 Å². The first kappa shape index (κ1) is 18.3. The van der Waals surface area contributed by atoms with Crippen LogP contribution in [0.5, 0.6) is 5.75 Å². The van der Waals surface area contributed by atoms with E-state index in [2.05, 4.69) is 4.98 Å². The average molecular weight is 371 g/mol. The molecule has 9 nitrogen and oxygen atoms in total. The summed E-state index contributed by atoms with van der Waals surface area (Å²) in [6.07, 6.45) is -1.07. The molecule has 1 aliphatic rings. The molecule has 1 amide bonds. The van der Waals surface area contributed by atoms with Gasteiger partial charge in [-0.15, -0.1) is 0 Å². The van der Waals surface area contributed by atoms with Crippen LogP contribution < -0.4 is 9.64 Å². The fraction of sp³-hybridized carbons (Fsp3) is 0.278. The monoisotopic (exact) mass is 371 g/mol. The standard InChI is InChI=1S/C18H17N3O6/c1-10(2)14(18(23)24)20-16-12(8-9-13(19-16)21(25)26)27-15(17(20)22)11-6-4-3-5-7-11/h3-10,14-15H,1-2H3,(H,23,24). The van der Waals surface area contributed by atoms with E-state index < -0.39 is 40.7 Å². The molecule has 2 atom stereocenters. The molecule has 0 radical (unpaired) electrons. The summed E-state index contributed by atoms with van der Waals surface area (Å²) >= 11 is 0. The van der Waals surface area contributed by atoms with Crippen molar-refractivity contribution in [1.82, 2.24) is 4.98 Å². The number of nitrogens with zero attached hydrogens (tertiary/aromatic N) is 3. The second-order valence-electron chi connectivity index (χ2n) is 6.39. The maximum atomic E-state index is 13.1. The molecule has 3 rings (SSSR count). The smallest absolute Gasteiger partial charge is 0.366 e. The van der Waals surface area contributed by atoms with E-state index in [1.807, 2.05) is 0 Å². The Morgan fingerprint density at radius 3 is 2.48 bits per heavy atom. The van der Waals surface area contributed by atoms with Crippen LogP contribution in [0.15, 0.2) is 42.5 Å². The molecule has 0 saturated carbocycles. The number of anilines is 1. The Labute approximate surface area is 154 Å². The molecule has 0 bridgehead atoms. The number of aromatic nitrogens is 1. The number of hydrogen-bond donors (Lipinski definition) is 1. The summed E-state index contributed by atoms with van der Waals surface area (Å²) in [6.45, 7) is 3.30. The Bertz CT molecular complexity index is 899. The van der Waals surface area contributed by atoms with Crippen molar-refractivity contribution in [1.29, 1.82) is 0 Å². The Morgan fingerprint density at radius 2 is 1.93 bits per heavy atom. The quantitative estimate of drug-likeness (QED) is 0.633. The van der Waals surface area contributed by atoms with E-state index in [0.717, 1.165) is 11.0 Å². The van der Waals surface area contributed by atoms with Crippen molar-refractivity contribution in [2.75, 3.05) is 4.90 Å². The first-order valence-corrected chi connectivity index (χ1v) is 8.24. The van der Waals surface area contributed by atoms with Crippen LogP contribution in [0.2, 0.25) is 0 Å². The first-order chi connectivity index (χ1) is 12.8. The Kier molecular flexibility index (Phi) is 4.76. The van der Waals surface area contributed by atoms with E-state index in [9.17, 15) is 24.8 Å². The average Bonchev–Trinajstić information content (AvgIpc) is 2.63. The number of carboxylic acids is 1. The van der Waals surface area contributed by atoms with Gasteiger partial charge in [0.25, 0.3) is 11.7 Å². The van der Waals surface area contributed by atoms with Gasteiger partial charge in [-0.05, 0) is 21.9 Å². The van der Waals surface area contributed by atoms with Crippen molar-refractivity contribution in [3.63, 3.8) is 0 Å². The molecule has 9 heteroatoms. The van der Waals surface area contributed by atoms with Crippen LogP contribution in [0.3, 0.4) is 0 Å². The number of ether oxygens (including phenoxy) is 1. The molecule has 2 heterocycles. The second-order valence-corrected chi connectivity index (χ2v) is 6.39. The largest absolute Gasteiger partial charge is 0.480 e. The Hall–Kier alpha value is -3.49. The Balaban J connectivity index is 2.18. The van der Waals surface area contributed by atoms with Crippen LogP contribution in [-0.2, 0) is 9.59 Å². The fourth-order valence-corrected chi connectivity index (χ4v) is 3.00. The number of carboxylic acid groups (broad SMARTS) is 1. The van der Waals surface area contributed by atoms with Gasteiger partial charge in [-0.3, -0.25) is 9.69 Å². The highest BCUT2D eigenvalue weighted by Gasteiger charge is 2.46. The lowest BCUT2D eigenvalue weighted by Crippen LogP contribution is -2.53. The molecular formula is C18H17N3O6. The van der Waals surface area contributed by atoms with Gasteiger partial charge in [0, 0.05) is 11.6 Å². The minimum atomic E-state index is -1.25. The highest BCUT2D eigenvalue weighted by Crippen LogP contribution is 2.40. The number of fused-ring (bicyclic) bond motifs is 1. The molecule has 2 aromatic rings. The number of pyridine rings is 1. The van der Waals surface area contributed by atoms with Crippen LogP contribution >= 0.6 is 0 Å². The molecule has 27 heavy (non-hydrogen) atoms. The zero-order valence-corrected chi connectivity index (χ0v) is 14.6. The zero-order chi connectivity index (χ0) is 19.7. The lowest BCUT2D eigenvalue weighted by atomic mass is 9.99. The van der Waals surface area contributed by atoms with Gasteiger partial charge in [-0.1, -0.05) is 44.2 Å². The van der Waals surface area contributed by atoms with Crippen molar-refractivity contribution in [3.8, 4) is 5.75 Å². The normalized spacial score (nSPS) is 17.2. The number of rotatable bonds is 5. The highest BCUT2D eigenvalue weighted by atomic mass is 16.6. The van der Waals surface area contributed by atoms with Crippen LogP contribution in [0.25, 0.3) is 0 Å². The number of hydrogen-bond acceptors (Lipinski definition) is 6. The van der Waals surface area contributed by atoms with Crippen molar-refractivity contribution in [2.45, 2.75) is 26.0 Å². The molecule has 1 N–H and O–H groups in total. The molecule has 1 aliphatic heterocycles. The summed E-state index contributed by atoms with van der Waals surface area (Å²) < 4.78 is 5.74. The van der Waals surface area contributed by atoms with E-state index in [1.165, 1.54) is 6.07 Å². The van der Waals surface area contributed by atoms with Gasteiger partial charge in [0.15, 0.2) is 5.75 Å². The van der Waals surface area contributed by atoms with Gasteiger partial charge >= 0.3 is 11.8 Å². The number of aliphatic carboxylic acids is 1. The summed E-state index contributed by atoms with van der Waals surface area (Å²) in [6, 6.07) is 9.86. The van der Waals surface area contributed by atoms with Gasteiger partial charge in [-0.2, -0.15) is 0 Å². The lowest BCUT2D eigenvalue weighted by molar-refractivity contribution is -0.389. The molecule has 0 spiro atoms. The topological polar surface area (TPSA) is 123 Å². The summed E-state index contributed by atoms with van der Waals surface area (Å²) in [5.41, 5.74) is 0.546. The molecular weight excluding hydrogens is 354 g/mol. The summed E-state index contributed by atoms with van der Waals surface area (Å²) in [4.78, 5) is 40.3. The van der Waals surface area contributed by atoms with Crippen molar-refractivity contribution < 1.29 is 24.4 Å². The van der Waals surface area contributed by atoms with Crippen LogP contribution in [0.1, 0.15) is 25.5 Å². The summed E-state index contributed by atoms with van der Waals surface area (Å²) in [5, 5.41) is 20.8. The number of amides is 1. The Morgan fingerprint density at radius 1 is 1.26 bits per heavy atom. The molecule has 1 aromatic heterocycles. The van der Waals surface area contributed by atoms with Crippen molar-refractivity contribution >= 4 is 23.5 Å². The zero-order valence-electron chi connectivity index (χ0n) is 14.6. The van der Waals surface area contributed by atoms with E-state index >= 15 is 0 Å². The minimum absolute atomic E-state index is 0.112. The van der Waals surface area contributed by atoms with Crippen LogP contribution in [0.4, 0.5) is 11.6 Å². The fourth-order valence-electron chi connectivity index (χ4n) is 3.00. The molecule has 2 unspecified atom stereocenters. The van der Waals surface area contributed by atoms with E-state index in [-0.39, 0.29) is 11.6 Å². The van der Waals surface area contributed by atoms with E-state index in [1.54, 1.807) is 44.2 Å². The third kappa shape index (κ3) is 3.31. The van der Waals surface area contributed by atoms with E-state index in [4.69, 9.17) is 4.74 Å². The third-order valence-electron chi connectivity index (χ3n) is 4.21. The first-order valence-electron chi connectivity index (χ1n) is 8.24. The van der Waals surface area contributed by atoms with Gasteiger partial charge in [0.05, 0.1) is 0 Å². The molecule has 140 valence electrons. The van der Waals surface area contributed by atoms with Gasteiger partial charge in [0.1, 0.15) is 6.04 Å². The van der Waals surface area contributed by atoms with Crippen LogP contribution in [0, 0.1) is 16.0 Å². The SMILES string of the molecule is CC(C)C(C(=O)O)N1C(=O)C(c2ccccc2)Oc2ccc([N+](=O)[O-])nc21. The number of carbonyl (C=O) groups excluding carboxylic acids is 1. The lowest BCUT2D eigenvalue weighted by Gasteiger charge is -2.36. The highest BCUT2D eigenvalue weighted by molar-refractivity contribution is 6.04. The van der Waals surface area contributed by atoms with E-state index in [0.29, 0.717) is 5.56 Å². The second kappa shape index (κ2) is 7.02. The number of benzene rings is 1. The van der Waals surface area contributed by atoms with Crippen LogP contribution in [-0.4, -0.2) is 32.9 Å². The predicted molar refractivity (Wildman–Crippen MR) is 94.5 cm³/mol. The number of nitro groups is 1. The van der Waals surface area contributed by atoms with Gasteiger partial charge in [-0.25, -0.2) is 4.79 Å². The molecule has 0 saturated heterocycles. The predicted octanol–water partition coefficient (Wildman–Crippen LogP) is 2.57. The maximum absolute atomic E-state index is 13.1.